The number of nitrogens with one attached hydrogen (secondary N) is 1. The molecule has 2 aromatic heterocycles. The SMILES string of the molecule is Cc1nnc2sc(CCNC(=O)C3CCCO3)nn12. The molecule has 1 fully saturated rings. The van der Waals surface area contributed by atoms with Gasteiger partial charge in [-0.05, 0) is 19.8 Å². The first-order valence-corrected chi connectivity index (χ1v) is 7.13. The number of hydrogen-bond acceptors (Lipinski definition) is 6. The molecule has 0 saturated carbocycles. The molecule has 102 valence electrons. The summed E-state index contributed by atoms with van der Waals surface area (Å²) >= 11 is 1.50. The molecule has 1 saturated heterocycles. The minimum Gasteiger partial charge on any atom is -0.368 e. The van der Waals surface area contributed by atoms with E-state index in [-0.39, 0.29) is 12.0 Å². The van der Waals surface area contributed by atoms with Gasteiger partial charge >= 0.3 is 0 Å². The van der Waals surface area contributed by atoms with Gasteiger partial charge in [-0.3, -0.25) is 4.79 Å². The van der Waals surface area contributed by atoms with Crippen molar-refractivity contribution in [3.63, 3.8) is 0 Å². The highest BCUT2D eigenvalue weighted by Gasteiger charge is 2.23. The molecule has 19 heavy (non-hydrogen) atoms. The van der Waals surface area contributed by atoms with E-state index in [2.05, 4.69) is 20.6 Å². The molecule has 1 aliphatic rings. The van der Waals surface area contributed by atoms with E-state index in [1.165, 1.54) is 11.3 Å². The minimum atomic E-state index is -0.264. The summed E-state index contributed by atoms with van der Waals surface area (Å²) in [6.45, 7) is 3.12. The molecule has 0 bridgehead atoms. The highest BCUT2D eigenvalue weighted by atomic mass is 32.1. The van der Waals surface area contributed by atoms with Gasteiger partial charge in [-0.2, -0.15) is 9.61 Å². The van der Waals surface area contributed by atoms with Gasteiger partial charge in [0.25, 0.3) is 0 Å². The largest absolute Gasteiger partial charge is 0.368 e. The van der Waals surface area contributed by atoms with E-state index in [1.807, 2.05) is 6.92 Å². The normalized spacial score (nSPS) is 19.1. The predicted octanol–water partition coefficient (Wildman–Crippen LogP) is 0.332. The van der Waals surface area contributed by atoms with Gasteiger partial charge in [-0.15, -0.1) is 10.2 Å². The molecule has 2 aromatic rings. The number of amides is 1. The second-order valence-corrected chi connectivity index (χ2v) is 5.52. The molecule has 0 radical (unpaired) electrons. The summed E-state index contributed by atoms with van der Waals surface area (Å²) in [5.74, 6) is 0.762. The van der Waals surface area contributed by atoms with Crippen molar-refractivity contribution >= 4 is 22.2 Å². The Bertz CT molecular complexity index is 587. The van der Waals surface area contributed by atoms with Crippen LogP contribution in [0.25, 0.3) is 4.96 Å². The highest BCUT2D eigenvalue weighted by Crippen LogP contribution is 2.14. The molecule has 1 unspecified atom stereocenters. The van der Waals surface area contributed by atoms with Crippen molar-refractivity contribution in [1.29, 1.82) is 0 Å². The Morgan fingerprint density at radius 2 is 2.47 bits per heavy atom. The number of carbonyl (C=O) groups is 1. The number of hydrogen-bond donors (Lipinski definition) is 1. The topological polar surface area (TPSA) is 81.4 Å². The molecule has 8 heteroatoms. The Morgan fingerprint density at radius 3 is 3.21 bits per heavy atom. The van der Waals surface area contributed by atoms with E-state index in [0.29, 0.717) is 19.6 Å². The van der Waals surface area contributed by atoms with Crippen molar-refractivity contribution in [2.24, 2.45) is 0 Å². The zero-order valence-electron chi connectivity index (χ0n) is 10.6. The van der Waals surface area contributed by atoms with Crippen molar-refractivity contribution in [3.05, 3.63) is 10.8 Å². The number of aromatic nitrogens is 4. The average molecular weight is 281 g/mol. The molecule has 7 nitrogen and oxygen atoms in total. The van der Waals surface area contributed by atoms with Crippen molar-refractivity contribution in [2.75, 3.05) is 13.2 Å². The van der Waals surface area contributed by atoms with E-state index >= 15 is 0 Å². The fourth-order valence-corrected chi connectivity index (χ4v) is 2.92. The summed E-state index contributed by atoms with van der Waals surface area (Å²) in [7, 11) is 0. The first-order valence-electron chi connectivity index (χ1n) is 6.31. The lowest BCUT2D eigenvalue weighted by atomic mass is 10.2. The zero-order valence-corrected chi connectivity index (χ0v) is 11.4. The van der Waals surface area contributed by atoms with Crippen LogP contribution >= 0.6 is 11.3 Å². The Balaban J connectivity index is 1.52. The third-order valence-electron chi connectivity index (χ3n) is 3.05. The molecule has 1 atom stereocenters. The third kappa shape index (κ3) is 2.59. The molecule has 0 aromatic carbocycles. The second-order valence-electron chi connectivity index (χ2n) is 4.48. The number of ether oxygens (including phenoxy) is 1. The Hall–Kier alpha value is -1.54. The maximum Gasteiger partial charge on any atom is 0.249 e. The molecule has 1 amide bonds. The molecule has 1 aliphatic heterocycles. The van der Waals surface area contributed by atoms with Crippen molar-refractivity contribution in [1.82, 2.24) is 25.1 Å². The summed E-state index contributed by atoms with van der Waals surface area (Å²) in [5.41, 5.74) is 0. The average Bonchev–Trinajstić information content (AvgIpc) is 3.09. The van der Waals surface area contributed by atoms with Gasteiger partial charge in [-0.25, -0.2) is 0 Å². The monoisotopic (exact) mass is 281 g/mol. The molecule has 3 rings (SSSR count). The zero-order chi connectivity index (χ0) is 13.2. The van der Waals surface area contributed by atoms with Gasteiger partial charge in [0.15, 0.2) is 5.82 Å². The van der Waals surface area contributed by atoms with Gasteiger partial charge in [0.1, 0.15) is 11.1 Å². The maximum absolute atomic E-state index is 11.7. The number of fused-ring (bicyclic) bond motifs is 1. The van der Waals surface area contributed by atoms with E-state index in [4.69, 9.17) is 4.74 Å². The van der Waals surface area contributed by atoms with Crippen LogP contribution < -0.4 is 5.32 Å². The van der Waals surface area contributed by atoms with Gasteiger partial charge in [0.2, 0.25) is 10.9 Å². The highest BCUT2D eigenvalue weighted by molar-refractivity contribution is 7.16. The summed E-state index contributed by atoms with van der Waals surface area (Å²) in [5, 5.41) is 16.2. The second kappa shape index (κ2) is 5.22. The summed E-state index contributed by atoms with van der Waals surface area (Å²) in [4.78, 5) is 12.5. The molecule has 1 N–H and O–H groups in total. The summed E-state index contributed by atoms with van der Waals surface area (Å²) in [6, 6.07) is 0. The van der Waals surface area contributed by atoms with Gasteiger partial charge in [0, 0.05) is 19.6 Å². The van der Waals surface area contributed by atoms with E-state index in [0.717, 1.165) is 28.6 Å². The lowest BCUT2D eigenvalue weighted by Gasteiger charge is -2.09. The molecular formula is C11H15N5O2S. The number of aryl methyl sites for hydroxylation is 1. The van der Waals surface area contributed by atoms with Crippen LogP contribution in [-0.2, 0) is 16.0 Å². The third-order valence-corrected chi connectivity index (χ3v) is 4.01. The Morgan fingerprint density at radius 1 is 1.58 bits per heavy atom. The van der Waals surface area contributed by atoms with Gasteiger partial charge in [0.05, 0.1) is 0 Å². The fraction of sp³-hybridized carbons (Fsp3) is 0.636. The van der Waals surface area contributed by atoms with Gasteiger partial charge < -0.3 is 10.1 Å². The first-order chi connectivity index (χ1) is 9.24. The lowest BCUT2D eigenvalue weighted by Crippen LogP contribution is -2.35. The van der Waals surface area contributed by atoms with E-state index in [1.54, 1.807) is 4.52 Å². The van der Waals surface area contributed by atoms with Gasteiger partial charge in [-0.1, -0.05) is 11.3 Å². The summed E-state index contributed by atoms with van der Waals surface area (Å²) < 4.78 is 7.05. The van der Waals surface area contributed by atoms with Crippen molar-refractivity contribution in [3.8, 4) is 0 Å². The molecule has 3 heterocycles. The molecular weight excluding hydrogens is 266 g/mol. The number of rotatable bonds is 4. The summed E-state index contributed by atoms with van der Waals surface area (Å²) in [6.07, 6.45) is 2.22. The standard InChI is InChI=1S/C11H15N5O2S/c1-7-13-14-11-16(7)15-9(19-11)4-5-12-10(17)8-3-2-6-18-8/h8H,2-6H2,1H3,(H,12,17). The van der Waals surface area contributed by atoms with Crippen molar-refractivity contribution in [2.45, 2.75) is 32.3 Å². The Kier molecular flexibility index (Phi) is 3.43. The van der Waals surface area contributed by atoms with Crippen molar-refractivity contribution < 1.29 is 9.53 Å². The predicted molar refractivity (Wildman–Crippen MR) is 69.1 cm³/mol. The van der Waals surface area contributed by atoms with E-state index < -0.39 is 0 Å². The molecule has 0 aliphatic carbocycles. The number of nitrogens with zero attached hydrogens (tertiary/aromatic N) is 4. The smallest absolute Gasteiger partial charge is 0.249 e. The maximum atomic E-state index is 11.7. The van der Waals surface area contributed by atoms with Crippen LogP contribution in [0.5, 0.6) is 0 Å². The van der Waals surface area contributed by atoms with Crippen LogP contribution in [0.1, 0.15) is 23.7 Å². The minimum absolute atomic E-state index is 0.0170. The van der Waals surface area contributed by atoms with Crippen LogP contribution in [0.3, 0.4) is 0 Å². The van der Waals surface area contributed by atoms with Crippen LogP contribution in [0.2, 0.25) is 0 Å². The molecule has 0 spiro atoms. The van der Waals surface area contributed by atoms with Crippen LogP contribution in [0.4, 0.5) is 0 Å². The Labute approximate surface area is 114 Å². The fourth-order valence-electron chi connectivity index (χ4n) is 2.05. The van der Waals surface area contributed by atoms with Crippen LogP contribution in [0.15, 0.2) is 0 Å². The van der Waals surface area contributed by atoms with Crippen LogP contribution in [-0.4, -0.2) is 45.0 Å². The number of carbonyl (C=O) groups excluding carboxylic acids is 1. The lowest BCUT2D eigenvalue weighted by molar-refractivity contribution is -0.129. The quantitative estimate of drug-likeness (QED) is 0.873. The van der Waals surface area contributed by atoms with Crippen LogP contribution in [0, 0.1) is 6.92 Å². The first kappa shape index (κ1) is 12.5. The van der Waals surface area contributed by atoms with E-state index in [9.17, 15) is 4.79 Å².